The summed E-state index contributed by atoms with van der Waals surface area (Å²) in [6.45, 7) is 4.36. The zero-order valence-corrected chi connectivity index (χ0v) is 8.37. The molecule has 1 aromatic heterocycles. The predicted octanol–water partition coefficient (Wildman–Crippen LogP) is 3.40. The molecule has 0 amide bonds. The molecule has 0 spiro atoms. The molecule has 1 heterocycles. The first kappa shape index (κ1) is 9.01. The molecule has 0 aliphatic carbocycles. The number of halogens is 1. The number of rotatable bonds is 3. The van der Waals surface area contributed by atoms with E-state index in [1.54, 1.807) is 11.3 Å². The van der Waals surface area contributed by atoms with Gasteiger partial charge in [0.1, 0.15) is 0 Å². The SMILES string of the molecule is CCC(C)c1ncc(CCl)s1. The van der Waals surface area contributed by atoms with Crippen LogP contribution >= 0.6 is 22.9 Å². The van der Waals surface area contributed by atoms with Crippen LogP contribution in [0.15, 0.2) is 6.20 Å². The molecule has 1 unspecified atom stereocenters. The Balaban J connectivity index is 2.71. The molecule has 3 heteroatoms. The number of hydrogen-bond acceptors (Lipinski definition) is 2. The van der Waals surface area contributed by atoms with Crippen molar-refractivity contribution in [3.63, 3.8) is 0 Å². The molecule has 1 nitrogen and oxygen atoms in total. The van der Waals surface area contributed by atoms with Gasteiger partial charge in [0, 0.05) is 17.0 Å². The first-order valence-corrected chi connectivity index (χ1v) is 5.13. The fourth-order valence-corrected chi connectivity index (χ4v) is 1.92. The monoisotopic (exact) mass is 189 g/mol. The van der Waals surface area contributed by atoms with E-state index in [1.807, 2.05) is 6.20 Å². The lowest BCUT2D eigenvalue weighted by Crippen LogP contribution is -1.87. The first-order chi connectivity index (χ1) is 5.27. The minimum atomic E-state index is 0.581. The maximum absolute atomic E-state index is 5.66. The maximum atomic E-state index is 5.66. The fourth-order valence-electron chi connectivity index (χ4n) is 0.787. The van der Waals surface area contributed by atoms with E-state index in [-0.39, 0.29) is 0 Å². The van der Waals surface area contributed by atoms with Crippen molar-refractivity contribution in [2.75, 3.05) is 0 Å². The van der Waals surface area contributed by atoms with Gasteiger partial charge in [-0.25, -0.2) is 4.98 Å². The highest BCUT2D eigenvalue weighted by Crippen LogP contribution is 2.24. The van der Waals surface area contributed by atoms with Gasteiger partial charge in [0.2, 0.25) is 0 Å². The minimum absolute atomic E-state index is 0.581. The van der Waals surface area contributed by atoms with E-state index in [1.165, 1.54) is 9.88 Å². The summed E-state index contributed by atoms with van der Waals surface area (Å²) in [7, 11) is 0. The van der Waals surface area contributed by atoms with E-state index in [0.29, 0.717) is 11.8 Å². The van der Waals surface area contributed by atoms with Crippen LogP contribution in [0.25, 0.3) is 0 Å². The molecule has 0 N–H and O–H groups in total. The average Bonchev–Trinajstić information content (AvgIpc) is 2.50. The molecule has 11 heavy (non-hydrogen) atoms. The van der Waals surface area contributed by atoms with E-state index in [4.69, 9.17) is 11.6 Å². The predicted molar refractivity (Wildman–Crippen MR) is 50.4 cm³/mol. The largest absolute Gasteiger partial charge is 0.249 e. The van der Waals surface area contributed by atoms with Crippen LogP contribution in [0.1, 0.15) is 36.1 Å². The van der Waals surface area contributed by atoms with Crippen molar-refractivity contribution in [3.05, 3.63) is 16.1 Å². The molecule has 0 radical (unpaired) electrons. The Bertz CT molecular complexity index is 222. The van der Waals surface area contributed by atoms with Gasteiger partial charge in [-0.2, -0.15) is 0 Å². The van der Waals surface area contributed by atoms with Crippen molar-refractivity contribution in [3.8, 4) is 0 Å². The summed E-state index contributed by atoms with van der Waals surface area (Å²) in [6.07, 6.45) is 3.02. The van der Waals surface area contributed by atoms with E-state index in [9.17, 15) is 0 Å². The Labute approximate surface area is 76.4 Å². The Morgan fingerprint density at radius 1 is 1.73 bits per heavy atom. The van der Waals surface area contributed by atoms with Crippen LogP contribution in [0.3, 0.4) is 0 Å². The van der Waals surface area contributed by atoms with Gasteiger partial charge in [0.15, 0.2) is 0 Å². The van der Waals surface area contributed by atoms with Crippen molar-refractivity contribution >= 4 is 22.9 Å². The van der Waals surface area contributed by atoms with Crippen molar-refractivity contribution in [2.45, 2.75) is 32.1 Å². The van der Waals surface area contributed by atoms with Gasteiger partial charge < -0.3 is 0 Å². The molecule has 0 aliphatic heterocycles. The summed E-state index contributed by atoms with van der Waals surface area (Å²) < 4.78 is 0. The molecular formula is C8H12ClNS. The molecule has 0 saturated heterocycles. The van der Waals surface area contributed by atoms with E-state index >= 15 is 0 Å². The van der Waals surface area contributed by atoms with Crippen LogP contribution in [0.5, 0.6) is 0 Å². The fraction of sp³-hybridized carbons (Fsp3) is 0.625. The van der Waals surface area contributed by atoms with Crippen LogP contribution in [-0.4, -0.2) is 4.98 Å². The lowest BCUT2D eigenvalue weighted by atomic mass is 10.1. The normalized spacial score (nSPS) is 13.4. The van der Waals surface area contributed by atoms with Crippen molar-refractivity contribution < 1.29 is 0 Å². The van der Waals surface area contributed by atoms with Crippen LogP contribution in [0.4, 0.5) is 0 Å². The molecule has 0 saturated carbocycles. The van der Waals surface area contributed by atoms with Gasteiger partial charge in [0.25, 0.3) is 0 Å². The summed E-state index contributed by atoms with van der Waals surface area (Å²) in [5, 5.41) is 1.21. The molecule has 1 rings (SSSR count). The van der Waals surface area contributed by atoms with Gasteiger partial charge in [-0.1, -0.05) is 13.8 Å². The van der Waals surface area contributed by atoms with Gasteiger partial charge in [0.05, 0.1) is 10.9 Å². The highest BCUT2D eigenvalue weighted by atomic mass is 35.5. The zero-order chi connectivity index (χ0) is 8.27. The highest BCUT2D eigenvalue weighted by molar-refractivity contribution is 7.11. The number of aromatic nitrogens is 1. The Morgan fingerprint density at radius 2 is 2.45 bits per heavy atom. The van der Waals surface area contributed by atoms with Crippen LogP contribution in [0.2, 0.25) is 0 Å². The number of thiazole rings is 1. The molecule has 62 valence electrons. The lowest BCUT2D eigenvalue weighted by Gasteiger charge is -2.00. The number of nitrogens with zero attached hydrogens (tertiary/aromatic N) is 1. The highest BCUT2D eigenvalue weighted by Gasteiger charge is 2.07. The molecule has 1 atom stereocenters. The van der Waals surface area contributed by atoms with E-state index in [2.05, 4.69) is 18.8 Å². The number of alkyl halides is 1. The Hall–Kier alpha value is -0.0800. The average molecular weight is 190 g/mol. The summed E-state index contributed by atoms with van der Waals surface area (Å²) in [4.78, 5) is 5.46. The zero-order valence-electron chi connectivity index (χ0n) is 6.80. The quantitative estimate of drug-likeness (QED) is 0.665. The second-order valence-electron chi connectivity index (χ2n) is 2.61. The molecule has 0 fully saturated rings. The lowest BCUT2D eigenvalue weighted by molar-refractivity contribution is 0.726. The summed E-state index contributed by atoms with van der Waals surface area (Å²) >= 11 is 7.38. The second kappa shape index (κ2) is 4.07. The third-order valence-electron chi connectivity index (χ3n) is 1.74. The second-order valence-corrected chi connectivity index (χ2v) is 4.02. The van der Waals surface area contributed by atoms with Gasteiger partial charge in [-0.05, 0) is 6.42 Å². The Morgan fingerprint density at radius 3 is 2.91 bits per heavy atom. The molecule has 0 aromatic carbocycles. The van der Waals surface area contributed by atoms with Gasteiger partial charge >= 0.3 is 0 Å². The summed E-state index contributed by atoms with van der Waals surface area (Å²) in [6, 6.07) is 0. The maximum Gasteiger partial charge on any atom is 0.0956 e. The number of hydrogen-bond donors (Lipinski definition) is 0. The molecule has 0 bridgehead atoms. The van der Waals surface area contributed by atoms with E-state index < -0.39 is 0 Å². The van der Waals surface area contributed by atoms with Crippen molar-refractivity contribution in [1.29, 1.82) is 0 Å². The molecule has 1 aromatic rings. The molecule has 0 aliphatic rings. The molecular weight excluding hydrogens is 178 g/mol. The van der Waals surface area contributed by atoms with E-state index in [0.717, 1.165) is 6.42 Å². The van der Waals surface area contributed by atoms with Crippen LogP contribution in [-0.2, 0) is 5.88 Å². The summed E-state index contributed by atoms with van der Waals surface area (Å²) in [5.41, 5.74) is 0. The third-order valence-corrected chi connectivity index (χ3v) is 3.41. The van der Waals surface area contributed by atoms with Crippen LogP contribution < -0.4 is 0 Å². The third kappa shape index (κ3) is 2.17. The minimum Gasteiger partial charge on any atom is -0.249 e. The summed E-state index contributed by atoms with van der Waals surface area (Å²) in [5.74, 6) is 1.17. The van der Waals surface area contributed by atoms with Crippen LogP contribution in [0, 0.1) is 0 Å². The van der Waals surface area contributed by atoms with Crippen molar-refractivity contribution in [1.82, 2.24) is 4.98 Å². The van der Waals surface area contributed by atoms with Gasteiger partial charge in [-0.15, -0.1) is 22.9 Å². The van der Waals surface area contributed by atoms with Crippen molar-refractivity contribution in [2.24, 2.45) is 0 Å². The Kier molecular flexibility index (Phi) is 3.34. The standard InChI is InChI=1S/C8H12ClNS/c1-3-6(2)8-10-5-7(4-9)11-8/h5-6H,3-4H2,1-2H3. The smallest absolute Gasteiger partial charge is 0.0956 e. The van der Waals surface area contributed by atoms with Gasteiger partial charge in [-0.3, -0.25) is 0 Å². The topological polar surface area (TPSA) is 12.9 Å². The first-order valence-electron chi connectivity index (χ1n) is 3.78.